The fraction of sp³-hybridized carbons (Fsp3) is 0.368. The molecule has 0 fully saturated rings. The lowest BCUT2D eigenvalue weighted by molar-refractivity contribution is 0.296. The Hall–Kier alpha value is -1.23. The minimum absolute atomic E-state index is 0.423. The maximum Gasteiger partial charge on any atom is 0.138 e. The van der Waals surface area contributed by atoms with Crippen LogP contribution >= 0.6 is 27.5 Å². The van der Waals surface area contributed by atoms with Gasteiger partial charge in [-0.05, 0) is 69.4 Å². The summed E-state index contributed by atoms with van der Waals surface area (Å²) in [6.07, 6.45) is 2.16. The predicted molar refractivity (Wildman–Crippen MR) is 103 cm³/mol. The maximum absolute atomic E-state index is 6.21. The first kappa shape index (κ1) is 19.1. The van der Waals surface area contributed by atoms with Crippen molar-refractivity contribution in [2.24, 2.45) is 0 Å². The van der Waals surface area contributed by atoms with E-state index in [9.17, 15) is 0 Å². The minimum atomic E-state index is 0.423. The maximum atomic E-state index is 6.21. The summed E-state index contributed by atoms with van der Waals surface area (Å²) in [5.74, 6) is 1.50. The normalized spacial score (nSPS) is 10.9. The molecule has 0 bridgehead atoms. The summed E-state index contributed by atoms with van der Waals surface area (Å²) in [6, 6.07) is 11.9. The van der Waals surface area contributed by atoms with Gasteiger partial charge in [0, 0.05) is 10.0 Å². The van der Waals surface area contributed by atoms with Crippen LogP contribution in [0.15, 0.2) is 40.9 Å². The number of benzene rings is 2. The summed E-state index contributed by atoms with van der Waals surface area (Å²) < 4.78 is 12.3. The predicted octanol–water partition coefficient (Wildman–Crippen LogP) is 5.18. The van der Waals surface area contributed by atoms with Gasteiger partial charge >= 0.3 is 0 Å². The molecular formula is C19H23BrClNO2. The van der Waals surface area contributed by atoms with E-state index in [1.165, 1.54) is 5.56 Å². The molecule has 2 aromatic carbocycles. The molecule has 0 saturated carbocycles. The molecule has 0 aliphatic rings. The summed E-state index contributed by atoms with van der Waals surface area (Å²) in [7, 11) is 5.86. The Morgan fingerprint density at radius 1 is 1.08 bits per heavy atom. The average molecular weight is 413 g/mol. The highest BCUT2D eigenvalue weighted by molar-refractivity contribution is 9.10. The number of hydrogen-bond acceptors (Lipinski definition) is 3. The molecule has 130 valence electrons. The highest BCUT2D eigenvalue weighted by atomic mass is 79.9. The van der Waals surface area contributed by atoms with Gasteiger partial charge in [0.05, 0.1) is 12.1 Å². The first-order chi connectivity index (χ1) is 11.5. The summed E-state index contributed by atoms with van der Waals surface area (Å²) in [4.78, 5) is 2.20. The van der Waals surface area contributed by atoms with Crippen molar-refractivity contribution in [2.75, 3.05) is 27.7 Å². The molecule has 0 aromatic heterocycles. The molecule has 0 heterocycles. The van der Waals surface area contributed by atoms with Gasteiger partial charge < -0.3 is 14.4 Å². The first-order valence-electron chi connectivity index (χ1n) is 7.88. The lowest BCUT2D eigenvalue weighted by Gasteiger charge is -2.14. The van der Waals surface area contributed by atoms with Gasteiger partial charge in [0.1, 0.15) is 18.1 Å². The van der Waals surface area contributed by atoms with Gasteiger partial charge in [-0.2, -0.15) is 0 Å². The molecule has 0 aliphatic carbocycles. The minimum Gasteiger partial charge on any atom is -0.496 e. The molecule has 0 aliphatic heterocycles. The van der Waals surface area contributed by atoms with Crippen molar-refractivity contribution in [2.45, 2.75) is 19.4 Å². The van der Waals surface area contributed by atoms with Gasteiger partial charge in [0.15, 0.2) is 0 Å². The number of rotatable bonds is 8. The van der Waals surface area contributed by atoms with Crippen molar-refractivity contribution in [1.82, 2.24) is 4.90 Å². The summed E-state index contributed by atoms with van der Waals surface area (Å²) in [6.45, 7) is 1.50. The molecule has 0 radical (unpaired) electrons. The van der Waals surface area contributed by atoms with Crippen molar-refractivity contribution >= 4 is 27.5 Å². The second-order valence-electron chi connectivity index (χ2n) is 5.92. The first-order valence-corrected chi connectivity index (χ1v) is 9.05. The smallest absolute Gasteiger partial charge is 0.138 e. The number of hydrogen-bond donors (Lipinski definition) is 0. The van der Waals surface area contributed by atoms with Crippen molar-refractivity contribution in [3.63, 3.8) is 0 Å². The molecule has 0 spiro atoms. The van der Waals surface area contributed by atoms with E-state index < -0.39 is 0 Å². The number of halogens is 2. The van der Waals surface area contributed by atoms with E-state index >= 15 is 0 Å². The molecule has 2 rings (SSSR count). The van der Waals surface area contributed by atoms with Gasteiger partial charge in [-0.15, -0.1) is 0 Å². The molecule has 24 heavy (non-hydrogen) atoms. The second-order valence-corrected chi connectivity index (χ2v) is 7.24. The van der Waals surface area contributed by atoms with Crippen LogP contribution in [0.25, 0.3) is 0 Å². The Balaban J connectivity index is 2.06. The zero-order valence-corrected chi connectivity index (χ0v) is 16.7. The second kappa shape index (κ2) is 9.30. The Labute approximate surface area is 157 Å². The molecule has 0 N–H and O–H groups in total. The highest BCUT2D eigenvalue weighted by Crippen LogP contribution is 2.29. The average Bonchev–Trinajstić information content (AvgIpc) is 2.54. The number of methoxy groups -OCH3 is 1. The Kier molecular flexibility index (Phi) is 7.40. The lowest BCUT2D eigenvalue weighted by atomic mass is 10.1. The highest BCUT2D eigenvalue weighted by Gasteiger charge is 2.08. The van der Waals surface area contributed by atoms with Crippen molar-refractivity contribution in [1.29, 1.82) is 0 Å². The van der Waals surface area contributed by atoms with Crippen LogP contribution in [0.2, 0.25) is 5.02 Å². The van der Waals surface area contributed by atoms with E-state index in [0.29, 0.717) is 17.4 Å². The van der Waals surface area contributed by atoms with Crippen LogP contribution in [0.5, 0.6) is 11.5 Å². The summed E-state index contributed by atoms with van der Waals surface area (Å²) in [5.41, 5.74) is 2.32. The van der Waals surface area contributed by atoms with Crippen LogP contribution in [-0.4, -0.2) is 32.6 Å². The van der Waals surface area contributed by atoms with Gasteiger partial charge in [0.25, 0.3) is 0 Å². The largest absolute Gasteiger partial charge is 0.496 e. The molecule has 2 aromatic rings. The molecule has 0 saturated heterocycles. The zero-order valence-electron chi connectivity index (χ0n) is 14.3. The van der Waals surface area contributed by atoms with Crippen LogP contribution in [0.1, 0.15) is 17.5 Å². The summed E-state index contributed by atoms with van der Waals surface area (Å²) >= 11 is 9.60. The summed E-state index contributed by atoms with van der Waals surface area (Å²) in [5, 5.41) is 0.588. The van der Waals surface area contributed by atoms with E-state index in [1.54, 1.807) is 7.11 Å². The Bertz CT molecular complexity index is 676. The van der Waals surface area contributed by atoms with E-state index in [1.807, 2.05) is 24.3 Å². The van der Waals surface area contributed by atoms with Crippen LogP contribution in [0.4, 0.5) is 0 Å². The molecule has 0 atom stereocenters. The van der Waals surface area contributed by atoms with Crippen LogP contribution < -0.4 is 9.47 Å². The third-order valence-corrected chi connectivity index (χ3v) is 4.48. The van der Waals surface area contributed by atoms with E-state index in [0.717, 1.165) is 35.2 Å². The van der Waals surface area contributed by atoms with E-state index in [2.05, 4.69) is 47.1 Å². The molecule has 5 heteroatoms. The quantitative estimate of drug-likeness (QED) is 0.596. The molecule has 3 nitrogen and oxygen atoms in total. The molecule has 0 amide bonds. The van der Waals surface area contributed by atoms with Crippen LogP contribution in [0.3, 0.4) is 0 Å². The molecule has 0 unspecified atom stereocenters. The topological polar surface area (TPSA) is 21.7 Å². The fourth-order valence-electron chi connectivity index (χ4n) is 2.45. The van der Waals surface area contributed by atoms with Crippen molar-refractivity contribution in [3.05, 3.63) is 57.0 Å². The van der Waals surface area contributed by atoms with Crippen molar-refractivity contribution in [3.8, 4) is 11.5 Å². The van der Waals surface area contributed by atoms with Crippen LogP contribution in [-0.2, 0) is 13.0 Å². The fourth-order valence-corrected chi connectivity index (χ4v) is 3.18. The van der Waals surface area contributed by atoms with Gasteiger partial charge in [-0.25, -0.2) is 0 Å². The Morgan fingerprint density at radius 2 is 1.83 bits per heavy atom. The number of ether oxygens (including phenoxy) is 2. The van der Waals surface area contributed by atoms with Crippen molar-refractivity contribution < 1.29 is 9.47 Å². The van der Waals surface area contributed by atoms with Gasteiger partial charge in [-0.3, -0.25) is 0 Å². The third-order valence-electron chi connectivity index (χ3n) is 3.69. The lowest BCUT2D eigenvalue weighted by Crippen LogP contribution is -2.13. The SMILES string of the molecule is COc1ccc(CCCN(C)C)cc1COc1ccc(Br)cc1Cl. The Morgan fingerprint density at radius 3 is 2.50 bits per heavy atom. The van der Waals surface area contributed by atoms with Gasteiger partial charge in [0.2, 0.25) is 0 Å². The third kappa shape index (κ3) is 5.69. The van der Waals surface area contributed by atoms with E-state index in [-0.39, 0.29) is 0 Å². The molecular weight excluding hydrogens is 390 g/mol. The van der Waals surface area contributed by atoms with Crippen LogP contribution in [0, 0.1) is 0 Å². The zero-order chi connectivity index (χ0) is 17.5. The monoisotopic (exact) mass is 411 g/mol. The van der Waals surface area contributed by atoms with E-state index in [4.69, 9.17) is 21.1 Å². The standard InChI is InChI=1S/C19H23BrClNO2/c1-22(2)10-4-5-14-6-8-18(23-3)15(11-14)13-24-19-9-7-16(20)12-17(19)21/h6-9,11-12H,4-5,10,13H2,1-3H3. The number of nitrogens with zero attached hydrogens (tertiary/aromatic N) is 1. The number of aryl methyl sites for hydroxylation is 1. The van der Waals surface area contributed by atoms with Gasteiger partial charge in [-0.1, -0.05) is 33.6 Å².